The summed E-state index contributed by atoms with van der Waals surface area (Å²) < 4.78 is 2.28. The van der Waals surface area contributed by atoms with E-state index in [-0.39, 0.29) is 5.91 Å². The second-order valence-corrected chi connectivity index (χ2v) is 8.80. The summed E-state index contributed by atoms with van der Waals surface area (Å²) in [4.78, 5) is 22.3. The summed E-state index contributed by atoms with van der Waals surface area (Å²) in [7, 11) is 0. The number of para-hydroxylation sites is 1. The Kier molecular flexibility index (Phi) is 4.47. The van der Waals surface area contributed by atoms with Gasteiger partial charge in [0, 0.05) is 43.5 Å². The molecule has 31 heavy (non-hydrogen) atoms. The molecule has 0 spiro atoms. The van der Waals surface area contributed by atoms with Crippen molar-refractivity contribution in [3.05, 3.63) is 65.9 Å². The van der Waals surface area contributed by atoms with Crippen LogP contribution in [0.3, 0.4) is 0 Å². The summed E-state index contributed by atoms with van der Waals surface area (Å²) in [5, 5.41) is 8.61. The van der Waals surface area contributed by atoms with Crippen LogP contribution in [0, 0.1) is 0 Å². The molecule has 0 atom stereocenters. The second-order valence-electron chi connectivity index (χ2n) is 8.80. The van der Waals surface area contributed by atoms with Gasteiger partial charge in [0.1, 0.15) is 18.0 Å². The van der Waals surface area contributed by atoms with Crippen molar-refractivity contribution in [3.63, 3.8) is 0 Å². The molecular formula is C24H26N6O. The average molecular weight is 415 g/mol. The largest absolute Gasteiger partial charge is 0.356 e. The Hall–Kier alpha value is -3.22. The standard InChI is InChI=1S/C24H26N6O/c31-24(29-15-11-17-4-1-2-6-21(17)29)20-5-3-12-25-23(20)28-13-9-18(10-14-28)22-27-26-16-30(22)19-7-8-19/h1-6,12,16,18-19H,7-11,13-15H2. The van der Waals surface area contributed by atoms with E-state index in [9.17, 15) is 4.79 Å². The van der Waals surface area contributed by atoms with Crippen molar-refractivity contribution in [3.8, 4) is 0 Å². The quantitative estimate of drug-likeness (QED) is 0.653. The summed E-state index contributed by atoms with van der Waals surface area (Å²) in [6.45, 7) is 2.47. The first kappa shape index (κ1) is 18.5. The Bertz CT molecular complexity index is 1110. The number of hydrogen-bond donors (Lipinski definition) is 0. The molecule has 2 aliphatic heterocycles. The van der Waals surface area contributed by atoms with Gasteiger partial charge in [0.15, 0.2) is 0 Å². The first-order valence-electron chi connectivity index (χ1n) is 11.3. The highest BCUT2D eigenvalue weighted by Crippen LogP contribution is 2.39. The van der Waals surface area contributed by atoms with Gasteiger partial charge in [-0.15, -0.1) is 10.2 Å². The zero-order valence-electron chi connectivity index (χ0n) is 17.5. The minimum absolute atomic E-state index is 0.0450. The van der Waals surface area contributed by atoms with Gasteiger partial charge in [-0.05, 0) is 55.9 Å². The van der Waals surface area contributed by atoms with Crippen LogP contribution in [-0.2, 0) is 6.42 Å². The van der Waals surface area contributed by atoms with Gasteiger partial charge in [-0.25, -0.2) is 4.98 Å². The molecule has 158 valence electrons. The van der Waals surface area contributed by atoms with E-state index in [2.05, 4.69) is 30.7 Å². The van der Waals surface area contributed by atoms with Crippen LogP contribution in [0.2, 0.25) is 0 Å². The zero-order chi connectivity index (χ0) is 20.8. The lowest BCUT2D eigenvalue weighted by atomic mass is 9.95. The fourth-order valence-electron chi connectivity index (χ4n) is 5.04. The van der Waals surface area contributed by atoms with E-state index in [1.807, 2.05) is 41.6 Å². The molecule has 7 heteroatoms. The van der Waals surface area contributed by atoms with Crippen LogP contribution >= 0.6 is 0 Å². The van der Waals surface area contributed by atoms with Gasteiger partial charge in [-0.3, -0.25) is 4.79 Å². The van der Waals surface area contributed by atoms with Crippen LogP contribution in [0.25, 0.3) is 0 Å². The number of anilines is 2. The summed E-state index contributed by atoms with van der Waals surface area (Å²) in [5.74, 6) is 2.41. The Morgan fingerprint density at radius 2 is 1.81 bits per heavy atom. The molecule has 2 fully saturated rings. The van der Waals surface area contributed by atoms with E-state index in [0.717, 1.165) is 56.2 Å². The van der Waals surface area contributed by atoms with E-state index in [1.54, 1.807) is 6.20 Å². The predicted octanol–water partition coefficient (Wildman–Crippen LogP) is 3.59. The molecule has 7 nitrogen and oxygen atoms in total. The number of carbonyl (C=O) groups is 1. The fraction of sp³-hybridized carbons (Fsp3) is 0.417. The lowest BCUT2D eigenvalue weighted by molar-refractivity contribution is 0.0989. The molecule has 0 bridgehead atoms. The maximum Gasteiger partial charge on any atom is 0.262 e. The molecule has 1 amide bonds. The number of nitrogens with zero attached hydrogens (tertiary/aromatic N) is 6. The number of amides is 1. The van der Waals surface area contributed by atoms with Crippen molar-refractivity contribution in [2.45, 2.75) is 44.1 Å². The Labute approximate surface area is 181 Å². The smallest absolute Gasteiger partial charge is 0.262 e. The number of carbonyl (C=O) groups excluding carboxylic acids is 1. The highest BCUT2D eigenvalue weighted by Gasteiger charge is 2.33. The van der Waals surface area contributed by atoms with Crippen molar-refractivity contribution < 1.29 is 4.79 Å². The molecule has 1 saturated heterocycles. The summed E-state index contributed by atoms with van der Waals surface area (Å²) in [6.07, 6.45) is 9.07. The molecule has 0 unspecified atom stereocenters. The van der Waals surface area contributed by atoms with Crippen LogP contribution in [-0.4, -0.2) is 45.3 Å². The number of pyridine rings is 1. The summed E-state index contributed by atoms with van der Waals surface area (Å²) >= 11 is 0. The maximum atomic E-state index is 13.5. The third kappa shape index (κ3) is 3.28. The number of rotatable bonds is 4. The summed E-state index contributed by atoms with van der Waals surface area (Å²) in [5.41, 5.74) is 2.96. The van der Waals surface area contributed by atoms with Crippen LogP contribution in [0.1, 0.15) is 59.4 Å². The van der Waals surface area contributed by atoms with Crippen molar-refractivity contribution in [1.29, 1.82) is 0 Å². The highest BCUT2D eigenvalue weighted by atomic mass is 16.2. The SMILES string of the molecule is O=C(c1cccnc1N1CCC(c2nncn2C2CC2)CC1)N1CCc2ccccc21. The number of hydrogen-bond acceptors (Lipinski definition) is 5. The molecule has 4 heterocycles. The van der Waals surface area contributed by atoms with Gasteiger partial charge in [0.2, 0.25) is 0 Å². The third-order valence-corrected chi connectivity index (χ3v) is 6.85. The first-order chi connectivity index (χ1) is 15.3. The molecule has 2 aromatic heterocycles. The third-order valence-electron chi connectivity index (χ3n) is 6.85. The molecule has 1 aromatic carbocycles. The maximum absolute atomic E-state index is 13.5. The van der Waals surface area contributed by atoms with Crippen LogP contribution in [0.4, 0.5) is 11.5 Å². The Morgan fingerprint density at radius 1 is 0.968 bits per heavy atom. The van der Waals surface area contributed by atoms with Crippen molar-refractivity contribution in [1.82, 2.24) is 19.7 Å². The van der Waals surface area contributed by atoms with Crippen molar-refractivity contribution in [2.24, 2.45) is 0 Å². The topological polar surface area (TPSA) is 67.2 Å². The van der Waals surface area contributed by atoms with Gasteiger partial charge < -0.3 is 14.4 Å². The highest BCUT2D eigenvalue weighted by molar-refractivity contribution is 6.10. The van der Waals surface area contributed by atoms with Crippen molar-refractivity contribution >= 4 is 17.4 Å². The van der Waals surface area contributed by atoms with E-state index >= 15 is 0 Å². The zero-order valence-corrected chi connectivity index (χ0v) is 17.5. The number of aromatic nitrogens is 4. The molecule has 6 rings (SSSR count). The summed E-state index contributed by atoms with van der Waals surface area (Å²) in [6, 6.07) is 12.6. The molecule has 1 aliphatic carbocycles. The first-order valence-corrected chi connectivity index (χ1v) is 11.3. The normalized spacial score (nSPS) is 19.0. The predicted molar refractivity (Wildman–Crippen MR) is 119 cm³/mol. The monoisotopic (exact) mass is 414 g/mol. The van der Waals surface area contributed by atoms with Crippen LogP contribution in [0.5, 0.6) is 0 Å². The molecule has 3 aromatic rings. The van der Waals surface area contributed by atoms with Gasteiger partial charge in [-0.1, -0.05) is 18.2 Å². The second kappa shape index (κ2) is 7.48. The Balaban J connectivity index is 1.21. The lowest BCUT2D eigenvalue weighted by Gasteiger charge is -2.33. The molecule has 0 radical (unpaired) electrons. The van der Waals surface area contributed by atoms with Gasteiger partial charge >= 0.3 is 0 Å². The van der Waals surface area contributed by atoms with Crippen LogP contribution < -0.4 is 9.80 Å². The molecule has 1 saturated carbocycles. The fourth-order valence-corrected chi connectivity index (χ4v) is 5.04. The number of piperidine rings is 1. The van der Waals surface area contributed by atoms with E-state index in [0.29, 0.717) is 17.5 Å². The Morgan fingerprint density at radius 3 is 2.65 bits per heavy atom. The number of benzene rings is 1. The van der Waals surface area contributed by atoms with E-state index in [1.165, 1.54) is 18.4 Å². The molecular weight excluding hydrogens is 388 g/mol. The van der Waals surface area contributed by atoms with Crippen molar-refractivity contribution in [2.75, 3.05) is 29.4 Å². The minimum Gasteiger partial charge on any atom is -0.356 e. The van der Waals surface area contributed by atoms with Gasteiger partial charge in [0.25, 0.3) is 5.91 Å². The van der Waals surface area contributed by atoms with Crippen LogP contribution in [0.15, 0.2) is 48.9 Å². The molecule has 0 N–H and O–H groups in total. The van der Waals surface area contributed by atoms with E-state index in [4.69, 9.17) is 0 Å². The van der Waals surface area contributed by atoms with Gasteiger partial charge in [0.05, 0.1) is 5.56 Å². The average Bonchev–Trinajstić information content (AvgIpc) is 3.39. The van der Waals surface area contributed by atoms with Gasteiger partial charge in [-0.2, -0.15) is 0 Å². The number of fused-ring (bicyclic) bond motifs is 1. The van der Waals surface area contributed by atoms with E-state index < -0.39 is 0 Å². The molecule has 3 aliphatic rings. The minimum atomic E-state index is 0.0450. The lowest BCUT2D eigenvalue weighted by Crippen LogP contribution is -2.37.